The molecule has 3 nitrogen and oxygen atoms in total. The molecular weight excluding hydrogens is 276 g/mol. The summed E-state index contributed by atoms with van der Waals surface area (Å²) in [5, 5.41) is 10.3. The zero-order valence-corrected chi connectivity index (χ0v) is 11.6. The van der Waals surface area contributed by atoms with E-state index in [1.807, 2.05) is 13.0 Å². The predicted octanol–water partition coefficient (Wildman–Crippen LogP) is 4.11. The molecule has 0 radical (unpaired) electrons. The van der Waals surface area contributed by atoms with Crippen LogP contribution in [-0.2, 0) is 5.41 Å². The third-order valence-corrected chi connectivity index (χ3v) is 3.92. The van der Waals surface area contributed by atoms with Crippen molar-refractivity contribution in [1.29, 1.82) is 0 Å². The Morgan fingerprint density at radius 3 is 2.90 bits per heavy atom. The molecule has 1 N–H and O–H groups in total. The van der Waals surface area contributed by atoms with Gasteiger partial charge in [-0.1, -0.05) is 23.7 Å². The maximum Gasteiger partial charge on any atom is 0.193 e. The molecule has 1 atom stereocenters. The summed E-state index contributed by atoms with van der Waals surface area (Å²) < 4.78 is 5.86. The second kappa shape index (κ2) is 4.53. The van der Waals surface area contributed by atoms with Gasteiger partial charge in [-0.25, -0.2) is 0 Å². The van der Waals surface area contributed by atoms with Gasteiger partial charge < -0.3 is 9.52 Å². The fraction of sp³-hybridized carbons (Fsp3) is 0.188. The predicted molar refractivity (Wildman–Crippen MR) is 79.3 cm³/mol. The molecule has 0 fully saturated rings. The molecule has 102 valence electrons. The van der Waals surface area contributed by atoms with Gasteiger partial charge in [0.05, 0.1) is 10.4 Å². The van der Waals surface area contributed by atoms with E-state index < -0.39 is 5.41 Å². The minimum Gasteiger partial charge on any atom is -0.508 e. The fourth-order valence-electron chi connectivity index (χ4n) is 2.33. The number of allylic oxidation sites excluding steroid dienone is 3. The third kappa shape index (κ3) is 2.04. The number of aliphatic hydroxyl groups is 1. The lowest BCUT2D eigenvalue weighted by atomic mass is 9.80. The normalized spacial score (nSPS) is 22.0. The Bertz CT molecular complexity index is 801. The Balaban J connectivity index is 2.21. The van der Waals surface area contributed by atoms with Crippen molar-refractivity contribution in [2.45, 2.75) is 18.8 Å². The molecule has 0 bridgehead atoms. The van der Waals surface area contributed by atoms with Crippen molar-refractivity contribution in [2.75, 3.05) is 0 Å². The summed E-state index contributed by atoms with van der Waals surface area (Å²) in [4.78, 5) is 12.2. The van der Waals surface area contributed by atoms with Crippen molar-refractivity contribution in [3.63, 3.8) is 0 Å². The minimum absolute atomic E-state index is 0.114. The van der Waals surface area contributed by atoms with Crippen LogP contribution in [0, 0.1) is 0 Å². The fourth-order valence-corrected chi connectivity index (χ4v) is 2.54. The van der Waals surface area contributed by atoms with E-state index in [0.717, 1.165) is 0 Å². The van der Waals surface area contributed by atoms with Crippen LogP contribution in [0.4, 0.5) is 0 Å². The Kier molecular flexibility index (Phi) is 2.94. The van der Waals surface area contributed by atoms with E-state index in [9.17, 15) is 9.90 Å². The first-order valence-corrected chi connectivity index (χ1v) is 6.69. The molecular formula is C16H13ClO3. The van der Waals surface area contributed by atoms with Crippen molar-refractivity contribution in [3.05, 3.63) is 69.3 Å². The summed E-state index contributed by atoms with van der Waals surface area (Å²) in [6, 6.07) is 6.62. The molecule has 0 aliphatic heterocycles. The molecule has 1 heterocycles. The summed E-state index contributed by atoms with van der Waals surface area (Å²) >= 11 is 6.11. The second-order valence-corrected chi connectivity index (χ2v) is 5.58. The van der Waals surface area contributed by atoms with E-state index in [1.165, 1.54) is 6.07 Å². The molecule has 0 amide bonds. The molecule has 3 rings (SSSR count). The molecule has 4 heteroatoms. The van der Waals surface area contributed by atoms with Gasteiger partial charge in [-0.3, -0.25) is 4.79 Å². The molecule has 1 aliphatic rings. The molecule has 0 saturated carbocycles. The summed E-state index contributed by atoms with van der Waals surface area (Å²) in [5.41, 5.74) is -0.166. The molecule has 0 spiro atoms. The summed E-state index contributed by atoms with van der Waals surface area (Å²) in [7, 11) is 0. The van der Waals surface area contributed by atoms with Crippen molar-refractivity contribution < 1.29 is 9.52 Å². The summed E-state index contributed by atoms with van der Waals surface area (Å²) in [6.07, 6.45) is 5.72. The quantitative estimate of drug-likeness (QED) is 0.859. The standard InChI is InChI=1S/C16H13ClO3/c1-16(7-5-10(18)6-8-16)14-9-13(19)11-3-2-4-12(17)15(11)20-14/h2-7,9,18H,8H2,1H3. The van der Waals surface area contributed by atoms with Crippen LogP contribution in [0.15, 0.2) is 57.5 Å². The van der Waals surface area contributed by atoms with Crippen LogP contribution in [-0.4, -0.2) is 5.11 Å². The minimum atomic E-state index is -0.460. The van der Waals surface area contributed by atoms with E-state index in [4.69, 9.17) is 16.0 Å². The first-order valence-electron chi connectivity index (χ1n) is 6.31. The average Bonchev–Trinajstić information content (AvgIpc) is 2.43. The number of halogens is 1. The van der Waals surface area contributed by atoms with Crippen molar-refractivity contribution in [3.8, 4) is 0 Å². The van der Waals surface area contributed by atoms with Gasteiger partial charge in [0.2, 0.25) is 0 Å². The third-order valence-electron chi connectivity index (χ3n) is 3.63. The van der Waals surface area contributed by atoms with Gasteiger partial charge in [0.1, 0.15) is 11.5 Å². The highest BCUT2D eigenvalue weighted by atomic mass is 35.5. The smallest absolute Gasteiger partial charge is 0.193 e. The number of hydrogen-bond acceptors (Lipinski definition) is 3. The van der Waals surface area contributed by atoms with E-state index in [0.29, 0.717) is 28.2 Å². The summed E-state index contributed by atoms with van der Waals surface area (Å²) in [5.74, 6) is 0.770. The Morgan fingerprint density at radius 2 is 2.20 bits per heavy atom. The van der Waals surface area contributed by atoms with Gasteiger partial charge in [-0.15, -0.1) is 0 Å². The number of aliphatic hydroxyl groups excluding tert-OH is 1. The molecule has 20 heavy (non-hydrogen) atoms. The van der Waals surface area contributed by atoms with Crippen LogP contribution in [0.5, 0.6) is 0 Å². The Hall–Kier alpha value is -2.00. The van der Waals surface area contributed by atoms with E-state index in [2.05, 4.69) is 0 Å². The number of fused-ring (bicyclic) bond motifs is 1. The largest absolute Gasteiger partial charge is 0.508 e. The maximum atomic E-state index is 12.2. The van der Waals surface area contributed by atoms with E-state index in [-0.39, 0.29) is 11.2 Å². The van der Waals surface area contributed by atoms with E-state index >= 15 is 0 Å². The molecule has 0 saturated heterocycles. The lowest BCUT2D eigenvalue weighted by Crippen LogP contribution is -2.22. The van der Waals surface area contributed by atoms with Crippen molar-refractivity contribution >= 4 is 22.6 Å². The highest BCUT2D eigenvalue weighted by Gasteiger charge is 2.29. The Morgan fingerprint density at radius 1 is 1.40 bits per heavy atom. The van der Waals surface area contributed by atoms with Gasteiger partial charge in [0.15, 0.2) is 11.0 Å². The van der Waals surface area contributed by atoms with Crippen LogP contribution >= 0.6 is 11.6 Å². The van der Waals surface area contributed by atoms with Gasteiger partial charge in [-0.05, 0) is 37.6 Å². The van der Waals surface area contributed by atoms with Crippen LogP contribution in [0.3, 0.4) is 0 Å². The van der Waals surface area contributed by atoms with Gasteiger partial charge in [-0.2, -0.15) is 0 Å². The maximum absolute atomic E-state index is 12.2. The molecule has 1 aromatic heterocycles. The molecule has 2 aromatic rings. The number of rotatable bonds is 1. The number of hydrogen-bond donors (Lipinski definition) is 1. The molecule has 1 aromatic carbocycles. The van der Waals surface area contributed by atoms with Gasteiger partial charge in [0, 0.05) is 11.5 Å². The second-order valence-electron chi connectivity index (χ2n) is 5.18. The summed E-state index contributed by atoms with van der Waals surface area (Å²) in [6.45, 7) is 1.95. The zero-order chi connectivity index (χ0) is 14.3. The first-order chi connectivity index (χ1) is 9.49. The van der Waals surface area contributed by atoms with Gasteiger partial charge >= 0.3 is 0 Å². The van der Waals surface area contributed by atoms with Gasteiger partial charge in [0.25, 0.3) is 0 Å². The Labute approximate surface area is 120 Å². The van der Waals surface area contributed by atoms with Crippen LogP contribution in [0.2, 0.25) is 5.02 Å². The monoisotopic (exact) mass is 288 g/mol. The highest BCUT2D eigenvalue weighted by Crippen LogP contribution is 2.34. The average molecular weight is 289 g/mol. The van der Waals surface area contributed by atoms with Crippen LogP contribution < -0.4 is 5.43 Å². The van der Waals surface area contributed by atoms with E-state index in [1.54, 1.807) is 30.4 Å². The topological polar surface area (TPSA) is 50.4 Å². The van der Waals surface area contributed by atoms with Crippen LogP contribution in [0.1, 0.15) is 19.1 Å². The first kappa shape index (κ1) is 13.0. The SMILES string of the molecule is CC1(c2cc(=O)c3cccc(Cl)c3o2)C=CC(O)=CC1. The lowest BCUT2D eigenvalue weighted by molar-refractivity contribution is 0.394. The molecule has 1 unspecified atom stereocenters. The highest BCUT2D eigenvalue weighted by molar-refractivity contribution is 6.34. The number of para-hydroxylation sites is 1. The van der Waals surface area contributed by atoms with Crippen LogP contribution in [0.25, 0.3) is 11.0 Å². The van der Waals surface area contributed by atoms with Crippen molar-refractivity contribution in [2.24, 2.45) is 0 Å². The molecule has 1 aliphatic carbocycles. The van der Waals surface area contributed by atoms with Crippen molar-refractivity contribution in [1.82, 2.24) is 0 Å². The zero-order valence-electron chi connectivity index (χ0n) is 10.9. The number of benzene rings is 1. The lowest BCUT2D eigenvalue weighted by Gasteiger charge is -2.26.